The van der Waals surface area contributed by atoms with E-state index in [1.807, 2.05) is 25.1 Å². The van der Waals surface area contributed by atoms with Crippen LogP contribution in [0.1, 0.15) is 20.3 Å². The first-order chi connectivity index (χ1) is 10.1. The smallest absolute Gasteiger partial charge is 0.162 e. The van der Waals surface area contributed by atoms with E-state index in [9.17, 15) is 0 Å². The lowest BCUT2D eigenvalue weighted by atomic mass is 10.1. The van der Waals surface area contributed by atoms with Crippen LogP contribution in [0.25, 0.3) is 10.8 Å². The van der Waals surface area contributed by atoms with Gasteiger partial charge in [0.15, 0.2) is 11.5 Å². The van der Waals surface area contributed by atoms with Gasteiger partial charge >= 0.3 is 0 Å². The van der Waals surface area contributed by atoms with E-state index in [0.717, 1.165) is 34.5 Å². The minimum atomic E-state index is 0.159. The van der Waals surface area contributed by atoms with Crippen molar-refractivity contribution in [1.29, 1.82) is 0 Å². The second-order valence-corrected chi connectivity index (χ2v) is 5.63. The van der Waals surface area contributed by atoms with Crippen LogP contribution in [0, 0.1) is 0 Å². The summed E-state index contributed by atoms with van der Waals surface area (Å²) >= 11 is 0. The van der Waals surface area contributed by atoms with Gasteiger partial charge in [-0.05, 0) is 43.9 Å². The van der Waals surface area contributed by atoms with Gasteiger partial charge in [-0.25, -0.2) is 4.98 Å². The van der Waals surface area contributed by atoms with Gasteiger partial charge in [-0.15, -0.1) is 0 Å². The molecule has 2 aromatic rings. The SMILES string of the molecule is CC(N)CC(C)Nc1nccc2cc3c(cc12)OCCO3. The monoisotopic (exact) mass is 287 g/mol. The standard InChI is InChI=1S/C16H21N3O2/c1-10(17)7-11(2)19-16-13-9-15-14(20-5-6-21-15)8-12(13)3-4-18-16/h3-4,8-11H,5-7,17H2,1-2H3,(H,18,19). The van der Waals surface area contributed by atoms with Crippen molar-refractivity contribution in [3.05, 3.63) is 24.4 Å². The number of ether oxygens (including phenoxy) is 2. The molecule has 0 saturated heterocycles. The van der Waals surface area contributed by atoms with Crippen molar-refractivity contribution in [2.75, 3.05) is 18.5 Å². The Balaban J connectivity index is 1.95. The van der Waals surface area contributed by atoms with Crippen LogP contribution in [-0.2, 0) is 0 Å². The Labute approximate surface area is 124 Å². The molecule has 3 N–H and O–H groups in total. The molecule has 2 heterocycles. The summed E-state index contributed by atoms with van der Waals surface area (Å²) in [5.41, 5.74) is 5.85. The normalized spacial score (nSPS) is 16.5. The molecule has 0 spiro atoms. The van der Waals surface area contributed by atoms with Gasteiger partial charge in [0.1, 0.15) is 19.0 Å². The summed E-state index contributed by atoms with van der Waals surface area (Å²) in [5, 5.41) is 5.56. The number of rotatable bonds is 4. The molecule has 0 aliphatic carbocycles. The van der Waals surface area contributed by atoms with Crippen molar-refractivity contribution < 1.29 is 9.47 Å². The van der Waals surface area contributed by atoms with Gasteiger partial charge in [-0.1, -0.05) is 0 Å². The van der Waals surface area contributed by atoms with Crippen molar-refractivity contribution in [2.45, 2.75) is 32.4 Å². The molecule has 3 rings (SSSR count). The number of anilines is 1. The van der Waals surface area contributed by atoms with E-state index in [4.69, 9.17) is 15.2 Å². The van der Waals surface area contributed by atoms with Gasteiger partial charge in [-0.2, -0.15) is 0 Å². The zero-order chi connectivity index (χ0) is 14.8. The minimum Gasteiger partial charge on any atom is -0.486 e. The van der Waals surface area contributed by atoms with Crippen LogP contribution in [0.2, 0.25) is 0 Å². The zero-order valence-corrected chi connectivity index (χ0v) is 12.4. The summed E-state index contributed by atoms with van der Waals surface area (Å²) in [4.78, 5) is 4.45. The highest BCUT2D eigenvalue weighted by atomic mass is 16.6. The third kappa shape index (κ3) is 3.03. The van der Waals surface area contributed by atoms with Gasteiger partial charge in [0.2, 0.25) is 0 Å². The van der Waals surface area contributed by atoms with Crippen LogP contribution in [0.5, 0.6) is 11.5 Å². The van der Waals surface area contributed by atoms with Crippen molar-refractivity contribution in [1.82, 2.24) is 4.98 Å². The van der Waals surface area contributed by atoms with Crippen molar-refractivity contribution in [2.24, 2.45) is 5.73 Å². The average molecular weight is 287 g/mol. The summed E-state index contributed by atoms with van der Waals surface area (Å²) in [6.07, 6.45) is 2.70. The first-order valence-electron chi connectivity index (χ1n) is 7.34. The molecule has 5 nitrogen and oxygen atoms in total. The summed E-state index contributed by atoms with van der Waals surface area (Å²) in [5.74, 6) is 2.44. The van der Waals surface area contributed by atoms with Crippen molar-refractivity contribution >= 4 is 16.6 Å². The highest BCUT2D eigenvalue weighted by Crippen LogP contribution is 2.36. The largest absolute Gasteiger partial charge is 0.486 e. The topological polar surface area (TPSA) is 69.4 Å². The first-order valence-corrected chi connectivity index (χ1v) is 7.34. The second-order valence-electron chi connectivity index (χ2n) is 5.63. The number of benzene rings is 1. The third-order valence-corrected chi connectivity index (χ3v) is 3.54. The molecule has 112 valence electrons. The van der Waals surface area contributed by atoms with Crippen molar-refractivity contribution in [3.8, 4) is 11.5 Å². The van der Waals surface area contributed by atoms with E-state index in [-0.39, 0.29) is 12.1 Å². The molecule has 1 aromatic heterocycles. The maximum absolute atomic E-state index is 5.85. The molecule has 1 aliphatic rings. The lowest BCUT2D eigenvalue weighted by Crippen LogP contribution is -2.26. The van der Waals surface area contributed by atoms with E-state index in [1.165, 1.54) is 0 Å². The molecule has 2 atom stereocenters. The minimum absolute atomic E-state index is 0.159. The van der Waals surface area contributed by atoms with Crippen LogP contribution in [-0.4, -0.2) is 30.3 Å². The summed E-state index contributed by atoms with van der Waals surface area (Å²) in [6.45, 7) is 5.31. The molecular formula is C16H21N3O2. The fourth-order valence-corrected chi connectivity index (χ4v) is 2.67. The van der Waals surface area contributed by atoms with Crippen LogP contribution in [0.15, 0.2) is 24.4 Å². The molecule has 0 bridgehead atoms. The second kappa shape index (κ2) is 5.77. The fourth-order valence-electron chi connectivity index (χ4n) is 2.67. The van der Waals surface area contributed by atoms with Gasteiger partial charge in [-0.3, -0.25) is 0 Å². The number of fused-ring (bicyclic) bond motifs is 2. The zero-order valence-electron chi connectivity index (χ0n) is 12.4. The highest BCUT2D eigenvalue weighted by molar-refractivity contribution is 5.94. The summed E-state index contributed by atoms with van der Waals surface area (Å²) < 4.78 is 11.3. The fraction of sp³-hybridized carbons (Fsp3) is 0.438. The molecule has 5 heteroatoms. The summed E-state index contributed by atoms with van der Waals surface area (Å²) in [6, 6.07) is 6.41. The number of nitrogens with two attached hydrogens (primary N) is 1. The quantitative estimate of drug-likeness (QED) is 0.904. The van der Waals surface area contributed by atoms with Gasteiger partial charge < -0.3 is 20.5 Å². The molecule has 0 amide bonds. The maximum Gasteiger partial charge on any atom is 0.162 e. The van der Waals surface area contributed by atoms with Gasteiger partial charge in [0, 0.05) is 23.7 Å². The van der Waals surface area contributed by atoms with E-state index in [0.29, 0.717) is 13.2 Å². The average Bonchev–Trinajstić information content (AvgIpc) is 2.45. The Morgan fingerprint density at radius 2 is 1.95 bits per heavy atom. The predicted molar refractivity (Wildman–Crippen MR) is 84.1 cm³/mol. The molecule has 0 saturated carbocycles. The van der Waals surface area contributed by atoms with Crippen LogP contribution < -0.4 is 20.5 Å². The molecule has 1 aliphatic heterocycles. The predicted octanol–water partition coefficient (Wildman–Crippen LogP) is 2.54. The molecule has 0 fully saturated rings. The van der Waals surface area contributed by atoms with E-state index in [1.54, 1.807) is 6.20 Å². The lowest BCUT2D eigenvalue weighted by molar-refractivity contribution is 0.172. The van der Waals surface area contributed by atoms with E-state index >= 15 is 0 Å². The lowest BCUT2D eigenvalue weighted by Gasteiger charge is -2.21. The molecule has 0 radical (unpaired) electrons. The van der Waals surface area contributed by atoms with E-state index < -0.39 is 0 Å². The number of hydrogen-bond donors (Lipinski definition) is 2. The Hall–Kier alpha value is -2.01. The Morgan fingerprint density at radius 3 is 2.67 bits per heavy atom. The molecule has 2 unspecified atom stereocenters. The van der Waals surface area contributed by atoms with Crippen LogP contribution >= 0.6 is 0 Å². The number of aromatic nitrogens is 1. The highest BCUT2D eigenvalue weighted by Gasteiger charge is 2.15. The summed E-state index contributed by atoms with van der Waals surface area (Å²) in [7, 11) is 0. The molecule has 1 aromatic carbocycles. The van der Waals surface area contributed by atoms with Gasteiger partial charge in [0.25, 0.3) is 0 Å². The Bertz CT molecular complexity index is 643. The number of nitrogens with one attached hydrogen (secondary N) is 1. The van der Waals surface area contributed by atoms with E-state index in [2.05, 4.69) is 17.2 Å². The molecule has 21 heavy (non-hydrogen) atoms. The van der Waals surface area contributed by atoms with Crippen LogP contribution in [0.3, 0.4) is 0 Å². The first kappa shape index (κ1) is 13.9. The molecular weight excluding hydrogens is 266 g/mol. The van der Waals surface area contributed by atoms with Gasteiger partial charge in [0.05, 0.1) is 0 Å². The van der Waals surface area contributed by atoms with Crippen molar-refractivity contribution in [3.63, 3.8) is 0 Å². The number of pyridine rings is 1. The number of hydrogen-bond acceptors (Lipinski definition) is 5. The number of nitrogens with zero attached hydrogens (tertiary/aromatic N) is 1. The maximum atomic E-state index is 5.85. The third-order valence-electron chi connectivity index (χ3n) is 3.54. The Kier molecular flexibility index (Phi) is 3.84. The Morgan fingerprint density at radius 1 is 1.24 bits per heavy atom. The van der Waals surface area contributed by atoms with Crippen LogP contribution in [0.4, 0.5) is 5.82 Å².